The van der Waals surface area contributed by atoms with Crippen LogP contribution in [0.2, 0.25) is 0 Å². The molecule has 1 saturated carbocycles. The van der Waals surface area contributed by atoms with Crippen LogP contribution in [0.25, 0.3) is 0 Å². The first kappa shape index (κ1) is 20.0. The van der Waals surface area contributed by atoms with Crippen molar-refractivity contribution in [2.24, 2.45) is 10.4 Å². The topological polar surface area (TPSA) is 68.1 Å². The number of nitrogens with zero attached hydrogens (tertiary/aromatic N) is 1. The van der Waals surface area contributed by atoms with Crippen LogP contribution in [0, 0.1) is 5.41 Å². The number of aliphatic hydroxyl groups excluding tert-OH is 1. The van der Waals surface area contributed by atoms with Crippen molar-refractivity contribution in [3.05, 3.63) is 35.1 Å². The van der Waals surface area contributed by atoms with Crippen molar-refractivity contribution in [2.45, 2.75) is 47.0 Å². The number of carbonyl (C=O) groups is 1. The quantitative estimate of drug-likeness (QED) is 0.607. The van der Waals surface area contributed by atoms with E-state index in [4.69, 9.17) is 9.47 Å². The van der Waals surface area contributed by atoms with Crippen LogP contribution in [0.1, 0.15) is 46.1 Å². The minimum Gasteiger partial charge on any atom is -0.511 e. The monoisotopic (exact) mass is 359 g/mol. The van der Waals surface area contributed by atoms with Gasteiger partial charge < -0.3 is 14.6 Å². The molecule has 0 saturated heterocycles. The minimum atomic E-state index is -0.128. The Balaban J connectivity index is 2.33. The zero-order chi connectivity index (χ0) is 19.3. The zero-order valence-electron chi connectivity index (χ0n) is 16.4. The molecule has 26 heavy (non-hydrogen) atoms. The number of ether oxygens (including phenoxy) is 2. The number of hydrogen-bond acceptors (Lipinski definition) is 5. The maximum atomic E-state index is 12.6. The summed E-state index contributed by atoms with van der Waals surface area (Å²) in [4.78, 5) is 16.8. The van der Waals surface area contributed by atoms with Gasteiger partial charge >= 0.3 is 0 Å². The van der Waals surface area contributed by atoms with Crippen LogP contribution < -0.4 is 9.47 Å². The molecule has 0 atom stereocenters. The second-order valence-electron chi connectivity index (χ2n) is 7.26. The van der Waals surface area contributed by atoms with Crippen LogP contribution in [0.4, 0.5) is 0 Å². The summed E-state index contributed by atoms with van der Waals surface area (Å²) in [6.07, 6.45) is 1.36. The highest BCUT2D eigenvalue weighted by molar-refractivity contribution is 6.24. The first-order valence-electron chi connectivity index (χ1n) is 9.11. The first-order valence-corrected chi connectivity index (χ1v) is 9.11. The number of aliphatic imine (C=N–C) groups is 1. The van der Waals surface area contributed by atoms with Gasteiger partial charge in [-0.1, -0.05) is 19.9 Å². The number of rotatable bonds is 6. The number of carbonyl (C=O) groups excluding carboxylic acids is 1. The Kier molecular flexibility index (Phi) is 6.46. The zero-order valence-corrected chi connectivity index (χ0v) is 16.4. The van der Waals surface area contributed by atoms with Crippen LogP contribution in [-0.4, -0.2) is 36.9 Å². The fourth-order valence-corrected chi connectivity index (χ4v) is 3.29. The Hall–Kier alpha value is -2.30. The van der Waals surface area contributed by atoms with Gasteiger partial charge in [-0.05, 0) is 43.4 Å². The number of allylic oxidation sites excluding steroid dienone is 2. The van der Waals surface area contributed by atoms with Crippen molar-refractivity contribution in [1.82, 2.24) is 0 Å². The summed E-state index contributed by atoms with van der Waals surface area (Å²) >= 11 is 0. The summed E-state index contributed by atoms with van der Waals surface area (Å²) in [5.74, 6) is 1.34. The molecule has 1 aromatic carbocycles. The minimum absolute atomic E-state index is 0.0460. The molecule has 0 heterocycles. The SMILES string of the molecule is CCOc1ccc(C/C(O)=C2\C(=O)CC(C)(C)CC2=NC)cc1OCC. The van der Waals surface area contributed by atoms with Crippen LogP contribution >= 0.6 is 0 Å². The van der Waals surface area contributed by atoms with Gasteiger partial charge in [-0.25, -0.2) is 0 Å². The highest BCUT2D eigenvalue weighted by Gasteiger charge is 2.35. The molecule has 0 aromatic heterocycles. The van der Waals surface area contributed by atoms with Gasteiger partial charge in [-0.3, -0.25) is 9.79 Å². The average Bonchev–Trinajstić information content (AvgIpc) is 2.55. The van der Waals surface area contributed by atoms with Gasteiger partial charge in [0.15, 0.2) is 17.3 Å². The highest BCUT2D eigenvalue weighted by Crippen LogP contribution is 2.36. The highest BCUT2D eigenvalue weighted by atomic mass is 16.5. The molecular formula is C21H29NO4. The molecule has 1 aliphatic rings. The van der Waals surface area contributed by atoms with E-state index in [1.165, 1.54) is 0 Å². The van der Waals surface area contributed by atoms with Crippen molar-refractivity contribution >= 4 is 11.5 Å². The van der Waals surface area contributed by atoms with Gasteiger partial charge in [0, 0.05) is 25.6 Å². The van der Waals surface area contributed by atoms with E-state index < -0.39 is 0 Å². The molecule has 0 amide bonds. The van der Waals surface area contributed by atoms with Gasteiger partial charge in [-0.15, -0.1) is 0 Å². The Morgan fingerprint density at radius 2 is 1.81 bits per heavy atom. The fourth-order valence-electron chi connectivity index (χ4n) is 3.29. The predicted octanol–water partition coefficient (Wildman–Crippen LogP) is 4.30. The summed E-state index contributed by atoms with van der Waals surface area (Å²) in [6.45, 7) is 9.00. The smallest absolute Gasteiger partial charge is 0.168 e. The summed E-state index contributed by atoms with van der Waals surface area (Å²) in [7, 11) is 1.67. The molecule has 5 heteroatoms. The summed E-state index contributed by atoms with van der Waals surface area (Å²) in [6, 6.07) is 5.57. The van der Waals surface area contributed by atoms with Gasteiger partial charge in [0.1, 0.15) is 5.76 Å². The third kappa shape index (κ3) is 4.65. The summed E-state index contributed by atoms with van der Waals surface area (Å²) in [5.41, 5.74) is 1.78. The van der Waals surface area contributed by atoms with Crippen molar-refractivity contribution in [3.8, 4) is 11.5 Å². The average molecular weight is 359 g/mol. The van der Waals surface area contributed by atoms with E-state index in [-0.39, 0.29) is 23.4 Å². The van der Waals surface area contributed by atoms with Crippen molar-refractivity contribution in [3.63, 3.8) is 0 Å². The largest absolute Gasteiger partial charge is 0.511 e. The molecule has 1 aromatic rings. The lowest BCUT2D eigenvalue weighted by atomic mass is 9.73. The molecule has 0 bridgehead atoms. The van der Waals surface area contributed by atoms with E-state index in [1.807, 2.05) is 45.9 Å². The standard InChI is InChI=1S/C21H29NO4/c1-6-25-18-9-8-14(11-19(18)26-7-2)10-16(23)20-15(22-5)12-21(3,4)13-17(20)24/h8-9,11,23H,6-7,10,12-13H2,1-5H3/b20-16+,22-15?. The summed E-state index contributed by atoms with van der Waals surface area (Å²) < 4.78 is 11.2. The van der Waals surface area contributed by atoms with Crippen molar-refractivity contribution < 1.29 is 19.4 Å². The molecule has 142 valence electrons. The number of ketones is 1. The fraction of sp³-hybridized carbons (Fsp3) is 0.524. The Bertz CT molecular complexity index is 732. The Labute approximate surface area is 155 Å². The maximum Gasteiger partial charge on any atom is 0.168 e. The van der Waals surface area contributed by atoms with Crippen LogP contribution in [0.5, 0.6) is 11.5 Å². The Morgan fingerprint density at radius 1 is 1.15 bits per heavy atom. The predicted molar refractivity (Wildman–Crippen MR) is 104 cm³/mol. The van der Waals surface area contributed by atoms with E-state index >= 15 is 0 Å². The number of benzene rings is 1. The molecule has 0 spiro atoms. The molecule has 0 unspecified atom stereocenters. The van der Waals surface area contributed by atoms with Gasteiger partial charge in [0.25, 0.3) is 0 Å². The van der Waals surface area contributed by atoms with E-state index in [0.29, 0.717) is 48.8 Å². The lowest BCUT2D eigenvalue weighted by molar-refractivity contribution is -0.117. The molecule has 1 fully saturated rings. The first-order chi connectivity index (χ1) is 12.3. The second kappa shape index (κ2) is 8.39. The molecule has 1 aliphatic carbocycles. The molecule has 5 nitrogen and oxygen atoms in total. The normalized spacial score (nSPS) is 20.2. The third-order valence-corrected chi connectivity index (χ3v) is 4.39. The van der Waals surface area contributed by atoms with Gasteiger partial charge in [-0.2, -0.15) is 0 Å². The number of aliphatic hydroxyl groups is 1. The van der Waals surface area contributed by atoms with Gasteiger partial charge in [0.05, 0.1) is 18.8 Å². The molecular weight excluding hydrogens is 330 g/mol. The van der Waals surface area contributed by atoms with Crippen molar-refractivity contribution in [1.29, 1.82) is 0 Å². The number of hydrogen-bond donors (Lipinski definition) is 1. The summed E-state index contributed by atoms with van der Waals surface area (Å²) in [5, 5.41) is 10.7. The Morgan fingerprint density at radius 3 is 2.42 bits per heavy atom. The van der Waals surface area contributed by atoms with E-state index in [1.54, 1.807) is 7.05 Å². The lowest BCUT2D eigenvalue weighted by Crippen LogP contribution is -2.32. The molecule has 2 rings (SSSR count). The van der Waals surface area contributed by atoms with Crippen LogP contribution in [0.3, 0.4) is 0 Å². The van der Waals surface area contributed by atoms with E-state index in [2.05, 4.69) is 4.99 Å². The number of Topliss-reactive ketones (excluding diaryl/α,β-unsaturated/α-hetero) is 1. The van der Waals surface area contributed by atoms with E-state index in [9.17, 15) is 9.90 Å². The molecule has 1 N–H and O–H groups in total. The molecule has 0 radical (unpaired) electrons. The lowest BCUT2D eigenvalue weighted by Gasteiger charge is -2.31. The maximum absolute atomic E-state index is 12.6. The van der Waals surface area contributed by atoms with Crippen LogP contribution in [-0.2, 0) is 11.2 Å². The third-order valence-electron chi connectivity index (χ3n) is 4.39. The van der Waals surface area contributed by atoms with Crippen molar-refractivity contribution in [2.75, 3.05) is 20.3 Å². The van der Waals surface area contributed by atoms with Crippen LogP contribution in [0.15, 0.2) is 34.5 Å². The van der Waals surface area contributed by atoms with E-state index in [0.717, 1.165) is 5.56 Å². The second-order valence-corrected chi connectivity index (χ2v) is 7.26. The molecule has 0 aliphatic heterocycles. The van der Waals surface area contributed by atoms with Gasteiger partial charge in [0.2, 0.25) is 0 Å².